The number of piperidine rings is 2. The Hall–Kier alpha value is -2.41. The number of nitrogens with zero attached hydrogens (tertiary/aromatic N) is 4. The van der Waals surface area contributed by atoms with Gasteiger partial charge in [0.1, 0.15) is 11.6 Å². The SMILES string of the molecule is CC1CCN(c2cc(N3CCC(C)CC3)nc(NC(=S)NCCCc3ccccc3)n2)CC1. The van der Waals surface area contributed by atoms with E-state index in [0.717, 1.165) is 69.0 Å². The summed E-state index contributed by atoms with van der Waals surface area (Å²) in [4.78, 5) is 14.5. The van der Waals surface area contributed by atoms with Crippen LogP contribution in [0.15, 0.2) is 36.4 Å². The predicted octanol–water partition coefficient (Wildman–Crippen LogP) is 4.87. The van der Waals surface area contributed by atoms with Crippen LogP contribution in [-0.4, -0.2) is 47.8 Å². The zero-order chi connectivity index (χ0) is 23.0. The van der Waals surface area contributed by atoms with Crippen LogP contribution >= 0.6 is 12.2 Å². The second-order valence-electron chi connectivity index (χ2n) is 9.72. The summed E-state index contributed by atoms with van der Waals surface area (Å²) in [5.41, 5.74) is 1.35. The van der Waals surface area contributed by atoms with Gasteiger partial charge in [0.15, 0.2) is 5.11 Å². The number of nitrogens with one attached hydrogen (secondary N) is 2. The molecule has 2 aliphatic rings. The van der Waals surface area contributed by atoms with Crippen molar-refractivity contribution in [1.82, 2.24) is 15.3 Å². The number of aryl methyl sites for hydroxylation is 1. The quantitative estimate of drug-likeness (QED) is 0.446. The Labute approximate surface area is 204 Å². The van der Waals surface area contributed by atoms with Crippen LogP contribution in [0.5, 0.6) is 0 Å². The summed E-state index contributed by atoms with van der Waals surface area (Å²) >= 11 is 5.57. The van der Waals surface area contributed by atoms with Gasteiger partial charge in [0.2, 0.25) is 5.95 Å². The van der Waals surface area contributed by atoms with Crippen LogP contribution < -0.4 is 20.4 Å². The first-order chi connectivity index (χ1) is 16.1. The van der Waals surface area contributed by atoms with E-state index < -0.39 is 0 Å². The molecular weight excluding hydrogens is 428 g/mol. The van der Waals surface area contributed by atoms with E-state index in [0.29, 0.717) is 11.1 Å². The molecule has 1 aromatic heterocycles. The summed E-state index contributed by atoms with van der Waals surface area (Å²) in [6.45, 7) is 9.71. The molecule has 0 spiro atoms. The number of anilines is 3. The third-order valence-corrected chi connectivity index (χ3v) is 7.16. The molecule has 1 aromatic carbocycles. The first-order valence-electron chi connectivity index (χ1n) is 12.5. The predicted molar refractivity (Wildman–Crippen MR) is 142 cm³/mol. The van der Waals surface area contributed by atoms with Crippen molar-refractivity contribution in [3.05, 3.63) is 42.0 Å². The monoisotopic (exact) mass is 466 g/mol. The molecule has 7 heteroatoms. The van der Waals surface area contributed by atoms with Gasteiger partial charge in [-0.05, 0) is 68.1 Å². The molecule has 6 nitrogen and oxygen atoms in total. The van der Waals surface area contributed by atoms with Crippen molar-refractivity contribution in [2.45, 2.75) is 52.4 Å². The molecule has 0 bridgehead atoms. The van der Waals surface area contributed by atoms with Crippen molar-refractivity contribution in [3.63, 3.8) is 0 Å². The molecule has 33 heavy (non-hydrogen) atoms. The molecule has 0 unspecified atom stereocenters. The summed E-state index contributed by atoms with van der Waals surface area (Å²) in [6, 6.07) is 12.7. The maximum atomic E-state index is 5.57. The van der Waals surface area contributed by atoms with Crippen LogP contribution in [0, 0.1) is 11.8 Å². The molecule has 4 rings (SSSR count). The fraction of sp³-hybridized carbons (Fsp3) is 0.577. The summed E-state index contributed by atoms with van der Waals surface area (Å²) in [5.74, 6) is 4.20. The minimum Gasteiger partial charge on any atom is -0.362 e. The van der Waals surface area contributed by atoms with E-state index in [1.807, 2.05) is 0 Å². The molecule has 2 fully saturated rings. The highest BCUT2D eigenvalue weighted by Gasteiger charge is 2.22. The smallest absolute Gasteiger partial charge is 0.232 e. The number of aromatic nitrogens is 2. The van der Waals surface area contributed by atoms with Gasteiger partial charge in [-0.2, -0.15) is 9.97 Å². The number of rotatable bonds is 7. The van der Waals surface area contributed by atoms with Crippen molar-refractivity contribution in [2.24, 2.45) is 11.8 Å². The lowest BCUT2D eigenvalue weighted by Crippen LogP contribution is -2.36. The average molecular weight is 467 g/mol. The van der Waals surface area contributed by atoms with Gasteiger partial charge in [-0.3, -0.25) is 0 Å². The minimum atomic E-state index is 0.589. The number of benzene rings is 1. The van der Waals surface area contributed by atoms with E-state index >= 15 is 0 Å². The highest BCUT2D eigenvalue weighted by molar-refractivity contribution is 7.80. The molecule has 0 aliphatic carbocycles. The summed E-state index contributed by atoms with van der Waals surface area (Å²) < 4.78 is 0. The van der Waals surface area contributed by atoms with Crippen LogP contribution in [0.3, 0.4) is 0 Å². The molecule has 0 amide bonds. The Bertz CT molecular complexity index is 849. The fourth-order valence-corrected chi connectivity index (χ4v) is 4.76. The van der Waals surface area contributed by atoms with Gasteiger partial charge in [0.25, 0.3) is 0 Å². The van der Waals surface area contributed by atoms with Gasteiger partial charge < -0.3 is 20.4 Å². The first kappa shape index (κ1) is 23.7. The third kappa shape index (κ3) is 7.03. The highest BCUT2D eigenvalue weighted by atomic mass is 32.1. The first-order valence-corrected chi connectivity index (χ1v) is 13.0. The topological polar surface area (TPSA) is 56.3 Å². The van der Waals surface area contributed by atoms with Crippen LogP contribution in [0.2, 0.25) is 0 Å². The van der Waals surface area contributed by atoms with Crippen molar-refractivity contribution in [3.8, 4) is 0 Å². The Kier molecular flexibility index (Phi) is 8.37. The van der Waals surface area contributed by atoms with Crippen molar-refractivity contribution >= 4 is 34.9 Å². The van der Waals surface area contributed by atoms with Crippen LogP contribution in [0.4, 0.5) is 17.6 Å². The van der Waals surface area contributed by atoms with Crippen molar-refractivity contribution in [2.75, 3.05) is 47.8 Å². The van der Waals surface area contributed by atoms with Gasteiger partial charge in [0, 0.05) is 38.8 Å². The van der Waals surface area contributed by atoms with Gasteiger partial charge in [-0.25, -0.2) is 0 Å². The Morgan fingerprint density at radius 1 is 0.909 bits per heavy atom. The van der Waals surface area contributed by atoms with E-state index in [2.05, 4.69) is 70.7 Å². The summed E-state index contributed by atoms with van der Waals surface area (Å²) in [5, 5.41) is 7.17. The second-order valence-corrected chi connectivity index (χ2v) is 10.1. The lowest BCUT2D eigenvalue weighted by atomic mass is 9.99. The zero-order valence-electron chi connectivity index (χ0n) is 20.1. The average Bonchev–Trinajstić information content (AvgIpc) is 2.83. The van der Waals surface area contributed by atoms with E-state index in [-0.39, 0.29) is 0 Å². The molecule has 2 aliphatic heterocycles. The molecule has 0 atom stereocenters. The second kappa shape index (κ2) is 11.6. The zero-order valence-corrected chi connectivity index (χ0v) is 20.9. The van der Waals surface area contributed by atoms with Gasteiger partial charge in [-0.1, -0.05) is 44.2 Å². The molecule has 2 aromatic rings. The highest BCUT2D eigenvalue weighted by Crippen LogP contribution is 2.28. The van der Waals surface area contributed by atoms with Crippen molar-refractivity contribution in [1.29, 1.82) is 0 Å². The maximum absolute atomic E-state index is 5.57. The summed E-state index contributed by atoms with van der Waals surface area (Å²) in [6.07, 6.45) is 6.91. The molecule has 0 saturated carbocycles. The third-order valence-electron chi connectivity index (χ3n) is 6.91. The molecule has 2 N–H and O–H groups in total. The normalized spacial score (nSPS) is 17.8. The van der Waals surface area contributed by atoms with Crippen LogP contribution in [0.1, 0.15) is 51.5 Å². The van der Waals surface area contributed by atoms with Crippen LogP contribution in [0.25, 0.3) is 0 Å². The van der Waals surface area contributed by atoms with Gasteiger partial charge in [-0.15, -0.1) is 0 Å². The number of thiocarbonyl (C=S) groups is 1. The Balaban J connectivity index is 1.39. The molecule has 2 saturated heterocycles. The van der Waals surface area contributed by atoms with Gasteiger partial charge in [0.05, 0.1) is 0 Å². The minimum absolute atomic E-state index is 0.589. The van der Waals surface area contributed by atoms with E-state index in [9.17, 15) is 0 Å². The van der Waals surface area contributed by atoms with E-state index in [4.69, 9.17) is 22.2 Å². The Morgan fingerprint density at radius 2 is 1.45 bits per heavy atom. The number of hydrogen-bond donors (Lipinski definition) is 2. The van der Waals surface area contributed by atoms with Crippen LogP contribution in [-0.2, 0) is 6.42 Å². The molecule has 178 valence electrons. The van der Waals surface area contributed by atoms with Gasteiger partial charge >= 0.3 is 0 Å². The Morgan fingerprint density at radius 3 is 2.00 bits per heavy atom. The van der Waals surface area contributed by atoms with E-state index in [1.54, 1.807) is 0 Å². The number of hydrogen-bond acceptors (Lipinski definition) is 5. The molecule has 0 radical (unpaired) electrons. The summed E-state index contributed by atoms with van der Waals surface area (Å²) in [7, 11) is 0. The molecular formula is C26H38N6S. The lowest BCUT2D eigenvalue weighted by molar-refractivity contribution is 0.433. The fourth-order valence-electron chi connectivity index (χ4n) is 4.56. The maximum Gasteiger partial charge on any atom is 0.232 e. The van der Waals surface area contributed by atoms with Crippen molar-refractivity contribution < 1.29 is 0 Å². The standard InChI is InChI=1S/C26H38N6S/c1-20-10-15-31(16-11-20)23-19-24(32-17-12-21(2)13-18-32)29-25(28-23)30-26(33)27-14-6-9-22-7-4-3-5-8-22/h3-5,7-8,19-21H,6,9-18H2,1-2H3,(H2,27,28,29,30,33). The largest absolute Gasteiger partial charge is 0.362 e. The van der Waals surface area contributed by atoms with E-state index in [1.165, 1.54) is 31.2 Å². The lowest BCUT2D eigenvalue weighted by Gasteiger charge is -2.34. The molecule has 3 heterocycles.